The molecule has 2 heterocycles. The summed E-state index contributed by atoms with van der Waals surface area (Å²) in [5, 5.41) is 12.3. The molecule has 0 atom stereocenters. The van der Waals surface area contributed by atoms with Crippen LogP contribution in [0.15, 0.2) is 223 Å². The number of benzene rings is 11. The zero-order valence-electron chi connectivity index (χ0n) is 36.1. The van der Waals surface area contributed by atoms with Crippen molar-refractivity contribution in [2.24, 2.45) is 0 Å². The zero-order valence-corrected chi connectivity index (χ0v) is 36.1. The van der Waals surface area contributed by atoms with Crippen LogP contribution in [-0.2, 0) is 6.42 Å². The smallest absolute Gasteiger partial charge is 0.136 e. The minimum Gasteiger partial charge on any atom is -0.456 e. The summed E-state index contributed by atoms with van der Waals surface area (Å²) in [7, 11) is 0. The van der Waals surface area contributed by atoms with Gasteiger partial charge in [-0.25, -0.2) is 0 Å². The SMILES string of the molecule is C1=Cc2c(c(-c3ccc4oc5cc(-c6c7ccccc7c(-c7ccccc7)c7ccccc67)ccc5c4c3)c3ccccc3c2-c2cccc3c4ccccc4n(-c4ccccc4)c23)CC1. The molecule has 0 spiro atoms. The standard InChI is InChI=1S/C64H41NO/c1-3-18-40(19-4-1)60-46-23-7-9-25-48(46)62(49-26-10-8-24-47(49)60)42-34-36-45-56-38-41(35-37-58(56)66-59(45)39-42)61-50-27-11-13-29-52(50)63(53-30-14-12-28-51(53)61)55-32-17-31-54-44-22-15-16-33-57(44)65(64(54)55)43-20-5-2-6-21-43/h1-11,13-27,29-39H,12,28H2. The van der Waals surface area contributed by atoms with Gasteiger partial charge in [0.25, 0.3) is 0 Å². The molecule has 0 aliphatic heterocycles. The lowest BCUT2D eigenvalue weighted by Crippen LogP contribution is -2.03. The monoisotopic (exact) mass is 839 g/mol. The highest BCUT2D eigenvalue weighted by Crippen LogP contribution is 2.49. The largest absolute Gasteiger partial charge is 0.456 e. The van der Waals surface area contributed by atoms with E-state index in [1.807, 2.05) is 0 Å². The van der Waals surface area contributed by atoms with Gasteiger partial charge in [0, 0.05) is 32.8 Å². The van der Waals surface area contributed by atoms with Gasteiger partial charge in [-0.1, -0.05) is 182 Å². The van der Waals surface area contributed by atoms with E-state index < -0.39 is 0 Å². The molecule has 2 aromatic heterocycles. The molecule has 0 fully saturated rings. The van der Waals surface area contributed by atoms with Crippen molar-refractivity contribution in [3.63, 3.8) is 0 Å². The van der Waals surface area contributed by atoms with E-state index in [-0.39, 0.29) is 0 Å². The van der Waals surface area contributed by atoms with Crippen LogP contribution in [0, 0.1) is 0 Å². The minimum atomic E-state index is 0.895. The Morgan fingerprint density at radius 1 is 0.364 bits per heavy atom. The molecule has 0 N–H and O–H groups in total. The van der Waals surface area contributed by atoms with Crippen molar-refractivity contribution in [3.8, 4) is 50.2 Å². The molecule has 0 bridgehead atoms. The Hall–Kier alpha value is -8.46. The number of furan rings is 1. The first-order valence-corrected chi connectivity index (χ1v) is 23.1. The number of rotatable bonds is 5. The van der Waals surface area contributed by atoms with Crippen LogP contribution >= 0.6 is 0 Å². The lowest BCUT2D eigenvalue weighted by molar-refractivity contribution is 0.669. The molecule has 0 saturated carbocycles. The quantitative estimate of drug-likeness (QED) is 0.158. The fraction of sp³-hybridized carbons (Fsp3) is 0.0312. The number of nitrogens with zero attached hydrogens (tertiary/aromatic N) is 1. The van der Waals surface area contributed by atoms with Crippen LogP contribution in [0.1, 0.15) is 17.5 Å². The molecule has 2 nitrogen and oxygen atoms in total. The van der Waals surface area contributed by atoms with Gasteiger partial charge >= 0.3 is 0 Å². The van der Waals surface area contributed by atoms with Crippen molar-refractivity contribution < 1.29 is 4.42 Å². The Morgan fingerprint density at radius 2 is 0.924 bits per heavy atom. The summed E-state index contributed by atoms with van der Waals surface area (Å²) in [5.41, 5.74) is 18.1. The van der Waals surface area contributed by atoms with Crippen molar-refractivity contribution in [1.82, 2.24) is 4.57 Å². The summed E-state index contributed by atoms with van der Waals surface area (Å²) in [5.74, 6) is 0. The molecule has 308 valence electrons. The van der Waals surface area contributed by atoms with Crippen molar-refractivity contribution in [2.45, 2.75) is 12.8 Å². The third-order valence-electron chi connectivity index (χ3n) is 14.2. The molecule has 13 aromatic rings. The van der Waals surface area contributed by atoms with E-state index >= 15 is 0 Å². The minimum absolute atomic E-state index is 0.895. The summed E-state index contributed by atoms with van der Waals surface area (Å²) >= 11 is 0. The van der Waals surface area contributed by atoms with Crippen molar-refractivity contribution >= 4 is 82.1 Å². The van der Waals surface area contributed by atoms with Crippen molar-refractivity contribution in [2.75, 3.05) is 0 Å². The molecule has 0 saturated heterocycles. The van der Waals surface area contributed by atoms with Gasteiger partial charge in [-0.15, -0.1) is 0 Å². The molecule has 1 aliphatic carbocycles. The first-order valence-electron chi connectivity index (χ1n) is 23.1. The maximum atomic E-state index is 6.80. The zero-order chi connectivity index (χ0) is 43.3. The molecule has 14 rings (SSSR count). The average molecular weight is 840 g/mol. The molecule has 0 unspecified atom stereocenters. The van der Waals surface area contributed by atoms with Gasteiger partial charge < -0.3 is 8.98 Å². The highest BCUT2D eigenvalue weighted by molar-refractivity contribution is 6.23. The molecule has 11 aromatic carbocycles. The highest BCUT2D eigenvalue weighted by Gasteiger charge is 2.26. The van der Waals surface area contributed by atoms with Gasteiger partial charge in [-0.2, -0.15) is 0 Å². The summed E-state index contributed by atoms with van der Waals surface area (Å²) in [6, 6.07) is 77.8. The molecule has 0 amide bonds. The van der Waals surface area contributed by atoms with Gasteiger partial charge in [0.15, 0.2) is 0 Å². The molecule has 66 heavy (non-hydrogen) atoms. The lowest BCUT2D eigenvalue weighted by Gasteiger charge is -2.24. The van der Waals surface area contributed by atoms with Crippen LogP contribution in [0.5, 0.6) is 0 Å². The number of fused-ring (bicyclic) bond motifs is 10. The van der Waals surface area contributed by atoms with Crippen molar-refractivity contribution in [1.29, 1.82) is 0 Å². The summed E-state index contributed by atoms with van der Waals surface area (Å²) in [4.78, 5) is 0. The molecule has 1 aliphatic rings. The van der Waals surface area contributed by atoms with Gasteiger partial charge in [-0.3, -0.25) is 0 Å². The van der Waals surface area contributed by atoms with Crippen LogP contribution in [0.25, 0.3) is 132 Å². The fourth-order valence-electron chi connectivity index (χ4n) is 11.5. The highest BCUT2D eigenvalue weighted by atomic mass is 16.3. The van der Waals surface area contributed by atoms with E-state index in [0.717, 1.165) is 46.0 Å². The Kier molecular flexibility index (Phi) is 8.14. The number of hydrogen-bond acceptors (Lipinski definition) is 1. The fourth-order valence-corrected chi connectivity index (χ4v) is 11.5. The number of hydrogen-bond donors (Lipinski definition) is 0. The predicted octanol–water partition coefficient (Wildman–Crippen LogP) is 17.8. The van der Waals surface area contributed by atoms with Crippen LogP contribution in [0.3, 0.4) is 0 Å². The van der Waals surface area contributed by atoms with E-state index in [1.54, 1.807) is 0 Å². The summed E-state index contributed by atoms with van der Waals surface area (Å²) < 4.78 is 9.27. The van der Waals surface area contributed by atoms with Crippen LogP contribution in [-0.4, -0.2) is 4.57 Å². The second-order valence-electron chi connectivity index (χ2n) is 17.7. The lowest BCUT2D eigenvalue weighted by atomic mass is 9.80. The Balaban J connectivity index is 0.970. The average Bonchev–Trinajstić information content (AvgIpc) is 3.93. The van der Waals surface area contributed by atoms with E-state index in [4.69, 9.17) is 4.42 Å². The molecular weight excluding hydrogens is 799 g/mol. The topological polar surface area (TPSA) is 18.1 Å². The maximum Gasteiger partial charge on any atom is 0.136 e. The second kappa shape index (κ2) is 14.5. The summed E-state index contributed by atoms with van der Waals surface area (Å²) in [6.45, 7) is 0. The predicted molar refractivity (Wildman–Crippen MR) is 280 cm³/mol. The Labute approximate surface area is 381 Å². The van der Waals surface area contributed by atoms with Gasteiger partial charge in [0.05, 0.1) is 11.0 Å². The Morgan fingerprint density at radius 3 is 1.64 bits per heavy atom. The van der Waals surface area contributed by atoms with E-state index in [9.17, 15) is 0 Å². The second-order valence-corrected chi connectivity index (χ2v) is 17.7. The number of allylic oxidation sites excluding steroid dienone is 1. The van der Waals surface area contributed by atoms with Crippen LogP contribution in [0.4, 0.5) is 0 Å². The van der Waals surface area contributed by atoms with Gasteiger partial charge in [0.1, 0.15) is 11.2 Å². The van der Waals surface area contributed by atoms with Crippen LogP contribution < -0.4 is 0 Å². The first kappa shape index (κ1) is 37.0. The van der Waals surface area contributed by atoms with E-state index in [0.29, 0.717) is 0 Å². The molecule has 0 radical (unpaired) electrons. The third kappa shape index (κ3) is 5.42. The number of aromatic nitrogens is 1. The molecule has 2 heteroatoms. The van der Waals surface area contributed by atoms with Crippen LogP contribution in [0.2, 0.25) is 0 Å². The first-order chi connectivity index (χ1) is 32.8. The molecular formula is C64H41NO. The van der Waals surface area contributed by atoms with Crippen molar-refractivity contribution in [3.05, 3.63) is 230 Å². The van der Waals surface area contributed by atoms with Gasteiger partial charge in [0.2, 0.25) is 0 Å². The summed E-state index contributed by atoms with van der Waals surface area (Å²) in [6.07, 6.45) is 6.73. The van der Waals surface area contributed by atoms with E-state index in [1.165, 1.54) is 104 Å². The Bertz CT molecular complexity index is 4090. The third-order valence-corrected chi connectivity index (χ3v) is 14.2. The van der Waals surface area contributed by atoms with E-state index in [2.05, 4.69) is 229 Å². The van der Waals surface area contributed by atoms with Gasteiger partial charge in [-0.05, 0) is 138 Å². The number of para-hydroxylation sites is 3. The normalized spacial score (nSPS) is 12.7. The maximum absolute atomic E-state index is 6.80.